The molecule has 1 rings (SSSR count). The number of hydrogen-bond acceptors (Lipinski definition) is 5. The van der Waals surface area contributed by atoms with E-state index in [0.29, 0.717) is 0 Å². The molecule has 1 aromatic heterocycles. The lowest BCUT2D eigenvalue weighted by Gasteiger charge is -2.09. The molecule has 0 fully saturated rings. The van der Waals surface area contributed by atoms with Gasteiger partial charge in [0, 0.05) is 0 Å². The van der Waals surface area contributed by atoms with Crippen LogP contribution in [0.5, 0.6) is 0 Å². The Hall–Kier alpha value is -1.17. The van der Waals surface area contributed by atoms with Crippen LogP contribution in [0.3, 0.4) is 0 Å². The molecule has 0 bridgehead atoms. The summed E-state index contributed by atoms with van der Waals surface area (Å²) in [4.78, 5) is 11.3. The first kappa shape index (κ1) is 10.9. The lowest BCUT2D eigenvalue weighted by Crippen LogP contribution is -2.31. The van der Waals surface area contributed by atoms with Gasteiger partial charge in [0.05, 0.1) is 6.10 Å². The SMILES string of the molecule is CC(O)C(O)C(=O)c1ccc(CO)o1. The summed E-state index contributed by atoms with van der Waals surface area (Å²) in [6.07, 6.45) is -2.64. The van der Waals surface area contributed by atoms with Crippen molar-refractivity contribution in [2.45, 2.75) is 25.7 Å². The molecule has 1 heterocycles. The van der Waals surface area contributed by atoms with Crippen molar-refractivity contribution in [1.82, 2.24) is 0 Å². The topological polar surface area (TPSA) is 90.9 Å². The largest absolute Gasteiger partial charge is 0.455 e. The van der Waals surface area contributed by atoms with Crippen LogP contribution in [0.25, 0.3) is 0 Å². The zero-order valence-electron chi connectivity index (χ0n) is 7.67. The van der Waals surface area contributed by atoms with Gasteiger partial charge in [0.1, 0.15) is 18.5 Å². The minimum absolute atomic E-state index is 0.0672. The molecule has 2 unspecified atom stereocenters. The summed E-state index contributed by atoms with van der Waals surface area (Å²) in [6, 6.07) is 2.78. The monoisotopic (exact) mass is 200 g/mol. The van der Waals surface area contributed by atoms with E-state index in [0.717, 1.165) is 0 Å². The predicted molar refractivity (Wildman–Crippen MR) is 46.6 cm³/mol. The fourth-order valence-electron chi connectivity index (χ4n) is 0.960. The van der Waals surface area contributed by atoms with Gasteiger partial charge in [-0.3, -0.25) is 4.79 Å². The highest BCUT2D eigenvalue weighted by Crippen LogP contribution is 2.11. The molecule has 0 aromatic carbocycles. The summed E-state index contributed by atoms with van der Waals surface area (Å²) < 4.78 is 4.90. The van der Waals surface area contributed by atoms with Gasteiger partial charge in [0.25, 0.3) is 0 Å². The summed E-state index contributed by atoms with van der Waals surface area (Å²) >= 11 is 0. The van der Waals surface area contributed by atoms with Gasteiger partial charge in [-0.25, -0.2) is 0 Å². The van der Waals surface area contributed by atoms with Crippen LogP contribution in [0.15, 0.2) is 16.5 Å². The lowest BCUT2D eigenvalue weighted by atomic mass is 10.1. The summed E-state index contributed by atoms with van der Waals surface area (Å²) in [5.74, 6) is -0.520. The van der Waals surface area contributed by atoms with Crippen LogP contribution < -0.4 is 0 Å². The van der Waals surface area contributed by atoms with Gasteiger partial charge >= 0.3 is 0 Å². The number of carbonyl (C=O) groups excluding carboxylic acids is 1. The zero-order chi connectivity index (χ0) is 10.7. The van der Waals surface area contributed by atoms with Crippen molar-refractivity contribution in [2.75, 3.05) is 0 Å². The van der Waals surface area contributed by atoms with Crippen molar-refractivity contribution >= 4 is 5.78 Å². The van der Waals surface area contributed by atoms with Gasteiger partial charge in [-0.1, -0.05) is 0 Å². The van der Waals surface area contributed by atoms with Crippen LogP contribution in [0, 0.1) is 0 Å². The van der Waals surface area contributed by atoms with Crippen LogP contribution >= 0.6 is 0 Å². The first-order valence-electron chi connectivity index (χ1n) is 4.16. The smallest absolute Gasteiger partial charge is 0.228 e. The molecular weight excluding hydrogens is 188 g/mol. The quantitative estimate of drug-likeness (QED) is 0.580. The molecule has 2 atom stereocenters. The summed E-state index contributed by atoms with van der Waals surface area (Å²) in [7, 11) is 0. The molecule has 3 N–H and O–H groups in total. The molecule has 0 saturated heterocycles. The second kappa shape index (κ2) is 4.36. The molecular formula is C9H12O5. The second-order valence-corrected chi connectivity index (χ2v) is 2.97. The van der Waals surface area contributed by atoms with Crippen molar-refractivity contribution in [3.63, 3.8) is 0 Å². The number of rotatable bonds is 4. The van der Waals surface area contributed by atoms with Crippen LogP contribution in [0.4, 0.5) is 0 Å². The second-order valence-electron chi connectivity index (χ2n) is 2.97. The molecule has 0 saturated carbocycles. The third kappa shape index (κ3) is 2.20. The van der Waals surface area contributed by atoms with Crippen LogP contribution in [0.2, 0.25) is 0 Å². The lowest BCUT2D eigenvalue weighted by molar-refractivity contribution is 0.0267. The molecule has 5 heteroatoms. The molecule has 0 aliphatic rings. The fraction of sp³-hybridized carbons (Fsp3) is 0.444. The number of carbonyl (C=O) groups is 1. The Labute approximate surface area is 80.6 Å². The van der Waals surface area contributed by atoms with Gasteiger partial charge in [0.15, 0.2) is 5.76 Å². The minimum atomic E-state index is -1.49. The number of furan rings is 1. The van der Waals surface area contributed by atoms with E-state index in [9.17, 15) is 9.90 Å². The van der Waals surface area contributed by atoms with E-state index in [4.69, 9.17) is 14.6 Å². The molecule has 78 valence electrons. The maximum absolute atomic E-state index is 11.3. The van der Waals surface area contributed by atoms with E-state index in [1.165, 1.54) is 19.1 Å². The van der Waals surface area contributed by atoms with Crippen molar-refractivity contribution in [3.8, 4) is 0 Å². The van der Waals surface area contributed by atoms with E-state index < -0.39 is 18.0 Å². The number of hydrogen-bond donors (Lipinski definition) is 3. The minimum Gasteiger partial charge on any atom is -0.455 e. The van der Waals surface area contributed by atoms with Gasteiger partial charge in [-0.2, -0.15) is 0 Å². The Morgan fingerprint density at radius 3 is 2.57 bits per heavy atom. The Morgan fingerprint density at radius 2 is 2.14 bits per heavy atom. The Balaban J connectivity index is 2.79. The highest BCUT2D eigenvalue weighted by Gasteiger charge is 2.24. The number of aliphatic hydroxyl groups excluding tert-OH is 3. The summed E-state index contributed by atoms with van der Waals surface area (Å²) in [6.45, 7) is 0.997. The zero-order valence-corrected chi connectivity index (χ0v) is 7.67. The van der Waals surface area contributed by atoms with Gasteiger partial charge < -0.3 is 19.7 Å². The number of ketones is 1. The van der Waals surface area contributed by atoms with Crippen LogP contribution in [0.1, 0.15) is 23.2 Å². The standard InChI is InChI=1S/C9H12O5/c1-5(11)8(12)9(13)7-3-2-6(4-10)14-7/h2-3,5,8,10-12H,4H2,1H3. The van der Waals surface area contributed by atoms with E-state index in [2.05, 4.69) is 0 Å². The van der Waals surface area contributed by atoms with Gasteiger partial charge in [-0.05, 0) is 19.1 Å². The molecule has 0 spiro atoms. The third-order valence-electron chi connectivity index (χ3n) is 1.79. The molecule has 0 amide bonds. The van der Waals surface area contributed by atoms with Crippen LogP contribution in [-0.4, -0.2) is 33.3 Å². The molecule has 1 aromatic rings. The Kier molecular flexibility index (Phi) is 3.40. The maximum Gasteiger partial charge on any atom is 0.228 e. The van der Waals surface area contributed by atoms with E-state index in [1.54, 1.807) is 0 Å². The first-order valence-corrected chi connectivity index (χ1v) is 4.16. The normalized spacial score (nSPS) is 15.1. The van der Waals surface area contributed by atoms with Crippen molar-refractivity contribution in [2.24, 2.45) is 0 Å². The van der Waals surface area contributed by atoms with Crippen molar-refractivity contribution in [3.05, 3.63) is 23.7 Å². The average molecular weight is 200 g/mol. The Morgan fingerprint density at radius 1 is 1.50 bits per heavy atom. The maximum atomic E-state index is 11.3. The Bertz CT molecular complexity index is 315. The average Bonchev–Trinajstić information content (AvgIpc) is 2.63. The molecule has 0 aliphatic carbocycles. The van der Waals surface area contributed by atoms with Crippen LogP contribution in [-0.2, 0) is 6.61 Å². The molecule has 5 nitrogen and oxygen atoms in total. The predicted octanol–water partition coefficient (Wildman–Crippen LogP) is -0.304. The number of Topliss-reactive ketones (excluding diaryl/α,β-unsaturated/α-hetero) is 1. The van der Waals surface area contributed by atoms with Gasteiger partial charge in [-0.15, -0.1) is 0 Å². The van der Waals surface area contributed by atoms with Gasteiger partial charge in [0.2, 0.25) is 5.78 Å². The van der Waals surface area contributed by atoms with E-state index >= 15 is 0 Å². The number of aliphatic hydroxyl groups is 3. The summed E-state index contributed by atoms with van der Waals surface area (Å²) in [5, 5.41) is 26.8. The highest BCUT2D eigenvalue weighted by molar-refractivity contribution is 5.97. The highest BCUT2D eigenvalue weighted by atomic mass is 16.4. The van der Waals surface area contributed by atoms with E-state index in [-0.39, 0.29) is 18.1 Å². The summed E-state index contributed by atoms with van der Waals surface area (Å²) in [5.41, 5.74) is 0. The molecule has 0 aliphatic heterocycles. The van der Waals surface area contributed by atoms with Crippen molar-refractivity contribution < 1.29 is 24.5 Å². The van der Waals surface area contributed by atoms with E-state index in [1.807, 2.05) is 0 Å². The third-order valence-corrected chi connectivity index (χ3v) is 1.79. The fourth-order valence-corrected chi connectivity index (χ4v) is 0.960. The first-order chi connectivity index (χ1) is 6.56. The molecule has 14 heavy (non-hydrogen) atoms. The van der Waals surface area contributed by atoms with Crippen molar-refractivity contribution in [1.29, 1.82) is 0 Å². The molecule has 0 radical (unpaired) electrons.